The van der Waals surface area contributed by atoms with Gasteiger partial charge in [0.1, 0.15) is 11.5 Å². The molecular formula is C18H16N2O3. The largest absolute Gasteiger partial charge is 0.481 e. The lowest BCUT2D eigenvalue weighted by atomic mass is 10.0. The fraction of sp³-hybridized carbons (Fsp3) is 0.111. The maximum atomic E-state index is 10.7. The standard InChI is InChI=1S/C18H16N2O3/c21-17(22)11-8-14-12-19-20-18(14)13-6-9-16(10-7-13)23-15-4-2-1-3-5-15/h1-7,9-10,12H,8,11H2,(H,19,20)(H,21,22). The van der Waals surface area contributed by atoms with Crippen LogP contribution < -0.4 is 4.74 Å². The zero-order valence-corrected chi connectivity index (χ0v) is 12.4. The normalized spacial score (nSPS) is 10.4. The van der Waals surface area contributed by atoms with Crippen LogP contribution >= 0.6 is 0 Å². The molecule has 0 unspecified atom stereocenters. The topological polar surface area (TPSA) is 75.2 Å². The first-order chi connectivity index (χ1) is 11.2. The summed E-state index contributed by atoms with van der Waals surface area (Å²) in [6.45, 7) is 0. The summed E-state index contributed by atoms with van der Waals surface area (Å²) in [5, 5.41) is 15.8. The Kier molecular flexibility index (Phi) is 4.38. The van der Waals surface area contributed by atoms with Crippen LogP contribution in [0.2, 0.25) is 0 Å². The summed E-state index contributed by atoms with van der Waals surface area (Å²) < 4.78 is 5.76. The van der Waals surface area contributed by atoms with E-state index in [0.29, 0.717) is 6.42 Å². The quantitative estimate of drug-likeness (QED) is 0.724. The van der Waals surface area contributed by atoms with Gasteiger partial charge in [0.15, 0.2) is 0 Å². The highest BCUT2D eigenvalue weighted by atomic mass is 16.5. The van der Waals surface area contributed by atoms with Gasteiger partial charge in [-0.2, -0.15) is 5.10 Å². The number of carboxylic acids is 1. The monoisotopic (exact) mass is 308 g/mol. The van der Waals surface area contributed by atoms with Crippen LogP contribution in [0, 0.1) is 0 Å². The van der Waals surface area contributed by atoms with Crippen LogP contribution in [0.5, 0.6) is 11.5 Å². The molecule has 0 bridgehead atoms. The first-order valence-corrected chi connectivity index (χ1v) is 7.30. The number of carboxylic acid groups (broad SMARTS) is 1. The lowest BCUT2D eigenvalue weighted by Gasteiger charge is -2.07. The van der Waals surface area contributed by atoms with Crippen molar-refractivity contribution in [2.45, 2.75) is 12.8 Å². The zero-order chi connectivity index (χ0) is 16.1. The van der Waals surface area contributed by atoms with Crippen molar-refractivity contribution in [3.63, 3.8) is 0 Å². The molecule has 5 heteroatoms. The van der Waals surface area contributed by atoms with E-state index in [2.05, 4.69) is 10.2 Å². The molecule has 0 atom stereocenters. The molecule has 1 aromatic heterocycles. The number of benzene rings is 2. The number of para-hydroxylation sites is 1. The van der Waals surface area contributed by atoms with E-state index in [1.807, 2.05) is 54.6 Å². The number of aryl methyl sites for hydroxylation is 1. The Morgan fingerprint density at radius 1 is 1.04 bits per heavy atom. The van der Waals surface area contributed by atoms with Crippen molar-refractivity contribution < 1.29 is 14.6 Å². The number of nitrogens with one attached hydrogen (secondary N) is 1. The molecule has 0 fully saturated rings. The van der Waals surface area contributed by atoms with E-state index in [4.69, 9.17) is 9.84 Å². The van der Waals surface area contributed by atoms with Gasteiger partial charge in [0.2, 0.25) is 0 Å². The molecule has 0 spiro atoms. The van der Waals surface area contributed by atoms with Gasteiger partial charge < -0.3 is 9.84 Å². The van der Waals surface area contributed by atoms with E-state index in [9.17, 15) is 4.79 Å². The molecule has 1 heterocycles. The van der Waals surface area contributed by atoms with Crippen molar-refractivity contribution >= 4 is 5.97 Å². The van der Waals surface area contributed by atoms with E-state index >= 15 is 0 Å². The van der Waals surface area contributed by atoms with Crippen LogP contribution in [0.3, 0.4) is 0 Å². The van der Waals surface area contributed by atoms with Crippen molar-refractivity contribution in [3.8, 4) is 22.8 Å². The van der Waals surface area contributed by atoms with E-state index in [1.165, 1.54) is 0 Å². The third-order valence-electron chi connectivity index (χ3n) is 3.45. The smallest absolute Gasteiger partial charge is 0.303 e. The number of aromatic amines is 1. The molecule has 3 aromatic rings. The molecule has 116 valence electrons. The van der Waals surface area contributed by atoms with Crippen molar-refractivity contribution in [2.75, 3.05) is 0 Å². The van der Waals surface area contributed by atoms with Gasteiger partial charge in [-0.15, -0.1) is 0 Å². The molecule has 0 aliphatic carbocycles. The minimum Gasteiger partial charge on any atom is -0.481 e. The van der Waals surface area contributed by atoms with Crippen LogP contribution in [0.1, 0.15) is 12.0 Å². The van der Waals surface area contributed by atoms with E-state index in [0.717, 1.165) is 28.3 Å². The van der Waals surface area contributed by atoms with Gasteiger partial charge in [-0.05, 0) is 48.4 Å². The molecule has 3 rings (SSSR count). The Balaban J connectivity index is 1.75. The fourth-order valence-electron chi connectivity index (χ4n) is 2.31. The van der Waals surface area contributed by atoms with Gasteiger partial charge in [0, 0.05) is 12.0 Å². The number of carbonyl (C=O) groups is 1. The third-order valence-corrected chi connectivity index (χ3v) is 3.45. The number of aliphatic carboxylic acids is 1. The van der Waals surface area contributed by atoms with Gasteiger partial charge in [-0.3, -0.25) is 9.89 Å². The number of rotatable bonds is 6. The number of ether oxygens (including phenoxy) is 1. The molecule has 0 amide bonds. The zero-order valence-electron chi connectivity index (χ0n) is 12.4. The van der Waals surface area contributed by atoms with Crippen molar-refractivity contribution in [3.05, 3.63) is 66.4 Å². The van der Waals surface area contributed by atoms with Crippen LogP contribution in [-0.2, 0) is 11.2 Å². The molecule has 0 radical (unpaired) electrons. The number of nitrogens with zero attached hydrogens (tertiary/aromatic N) is 1. The van der Waals surface area contributed by atoms with Gasteiger partial charge >= 0.3 is 5.97 Å². The highest BCUT2D eigenvalue weighted by molar-refractivity contribution is 5.69. The second-order valence-electron chi connectivity index (χ2n) is 5.10. The summed E-state index contributed by atoms with van der Waals surface area (Å²) in [6, 6.07) is 17.2. The average Bonchev–Trinajstić information content (AvgIpc) is 3.03. The van der Waals surface area contributed by atoms with Crippen LogP contribution in [0.15, 0.2) is 60.8 Å². The highest BCUT2D eigenvalue weighted by Crippen LogP contribution is 2.27. The fourth-order valence-corrected chi connectivity index (χ4v) is 2.31. The Bertz CT molecular complexity index is 780. The Morgan fingerprint density at radius 3 is 2.43 bits per heavy atom. The van der Waals surface area contributed by atoms with Crippen LogP contribution in [0.25, 0.3) is 11.3 Å². The number of H-pyrrole nitrogens is 1. The summed E-state index contributed by atoms with van der Waals surface area (Å²) in [6.07, 6.45) is 2.21. The van der Waals surface area contributed by atoms with Gasteiger partial charge in [-0.1, -0.05) is 18.2 Å². The maximum Gasteiger partial charge on any atom is 0.303 e. The summed E-state index contributed by atoms with van der Waals surface area (Å²) in [4.78, 5) is 10.7. The molecule has 0 saturated carbocycles. The average molecular weight is 308 g/mol. The number of hydrogen-bond donors (Lipinski definition) is 2. The van der Waals surface area contributed by atoms with Crippen molar-refractivity contribution in [2.24, 2.45) is 0 Å². The first kappa shape index (κ1) is 14.8. The summed E-state index contributed by atoms with van der Waals surface area (Å²) in [7, 11) is 0. The predicted octanol–water partition coefficient (Wildman–Crippen LogP) is 3.89. The number of aromatic nitrogens is 2. The molecule has 23 heavy (non-hydrogen) atoms. The number of hydrogen-bond acceptors (Lipinski definition) is 3. The summed E-state index contributed by atoms with van der Waals surface area (Å²) >= 11 is 0. The molecular weight excluding hydrogens is 292 g/mol. The van der Waals surface area contributed by atoms with Gasteiger partial charge in [0.25, 0.3) is 0 Å². The van der Waals surface area contributed by atoms with E-state index in [1.54, 1.807) is 6.20 Å². The van der Waals surface area contributed by atoms with E-state index < -0.39 is 5.97 Å². The molecule has 0 saturated heterocycles. The Morgan fingerprint density at radius 2 is 1.74 bits per heavy atom. The Labute approximate surface area is 133 Å². The van der Waals surface area contributed by atoms with Crippen LogP contribution in [0.4, 0.5) is 0 Å². The first-order valence-electron chi connectivity index (χ1n) is 7.30. The summed E-state index contributed by atoms with van der Waals surface area (Å²) in [5.41, 5.74) is 2.69. The molecule has 0 aliphatic rings. The molecule has 2 aromatic carbocycles. The van der Waals surface area contributed by atoms with Crippen LogP contribution in [-0.4, -0.2) is 21.3 Å². The predicted molar refractivity (Wildman–Crippen MR) is 86.5 cm³/mol. The second-order valence-corrected chi connectivity index (χ2v) is 5.10. The molecule has 0 aliphatic heterocycles. The molecule has 5 nitrogen and oxygen atoms in total. The minimum atomic E-state index is -0.816. The summed E-state index contributed by atoms with van der Waals surface area (Å²) in [5.74, 6) is 0.708. The maximum absolute atomic E-state index is 10.7. The SMILES string of the molecule is O=C(O)CCc1cn[nH]c1-c1ccc(Oc2ccccc2)cc1. The van der Waals surface area contributed by atoms with Gasteiger partial charge in [-0.25, -0.2) is 0 Å². The van der Waals surface area contributed by atoms with Crippen molar-refractivity contribution in [1.29, 1.82) is 0 Å². The molecule has 2 N–H and O–H groups in total. The van der Waals surface area contributed by atoms with Crippen molar-refractivity contribution in [1.82, 2.24) is 10.2 Å². The lowest BCUT2D eigenvalue weighted by molar-refractivity contribution is -0.136. The third kappa shape index (κ3) is 3.77. The van der Waals surface area contributed by atoms with Gasteiger partial charge in [0.05, 0.1) is 11.9 Å². The van der Waals surface area contributed by atoms with E-state index in [-0.39, 0.29) is 6.42 Å². The second kappa shape index (κ2) is 6.79. The highest BCUT2D eigenvalue weighted by Gasteiger charge is 2.09. The lowest BCUT2D eigenvalue weighted by Crippen LogP contribution is -1.97. The Hall–Kier alpha value is -3.08. The minimum absolute atomic E-state index is 0.0851.